The topological polar surface area (TPSA) is 61.9 Å². The number of carbonyl (C=O) groups is 2. The number of methoxy groups -OCH3 is 1. The van der Waals surface area contributed by atoms with Crippen LogP contribution in [0.4, 0.5) is 5.69 Å². The normalized spacial score (nSPS) is 20.7. The molecule has 6 nitrogen and oxygen atoms in total. The van der Waals surface area contributed by atoms with Gasteiger partial charge in [0.15, 0.2) is 0 Å². The number of nitrogens with zero attached hydrogens (tertiary/aromatic N) is 2. The van der Waals surface area contributed by atoms with E-state index in [-0.39, 0.29) is 18.4 Å². The van der Waals surface area contributed by atoms with Crippen molar-refractivity contribution in [2.75, 3.05) is 39.1 Å². The minimum absolute atomic E-state index is 0.0171. The number of nitrogens with one attached hydrogen (secondary N) is 1. The van der Waals surface area contributed by atoms with Crippen molar-refractivity contribution in [2.45, 2.75) is 51.0 Å². The van der Waals surface area contributed by atoms with E-state index in [1.54, 1.807) is 26.3 Å². The molecular weight excluding hydrogens is 354 g/mol. The van der Waals surface area contributed by atoms with Crippen LogP contribution in [0.1, 0.15) is 44.9 Å². The van der Waals surface area contributed by atoms with Gasteiger partial charge in [-0.1, -0.05) is 25.3 Å². The number of likely N-dealkylation sites (N-methyl/N-ethyl adjacent to an activating group) is 1. The maximum Gasteiger partial charge on any atom is 0.243 e. The van der Waals surface area contributed by atoms with Gasteiger partial charge >= 0.3 is 0 Å². The molecule has 0 spiro atoms. The van der Waals surface area contributed by atoms with Crippen LogP contribution < -0.4 is 10.1 Å². The van der Waals surface area contributed by atoms with Crippen LogP contribution in [0.5, 0.6) is 5.75 Å². The molecule has 0 bridgehead atoms. The molecule has 0 radical (unpaired) electrons. The molecule has 1 aliphatic carbocycles. The molecule has 2 amide bonds. The molecule has 2 aliphatic rings. The third-order valence-electron chi connectivity index (χ3n) is 6.11. The predicted octanol–water partition coefficient (Wildman–Crippen LogP) is 3.14. The number of carbonyl (C=O) groups excluding carboxylic acids is 2. The molecule has 1 aliphatic heterocycles. The summed E-state index contributed by atoms with van der Waals surface area (Å²) in [5.74, 6) is 1.24. The van der Waals surface area contributed by atoms with Crippen LogP contribution in [0, 0.1) is 5.92 Å². The summed E-state index contributed by atoms with van der Waals surface area (Å²) in [7, 11) is 3.30. The number of benzene rings is 1. The Kier molecular flexibility index (Phi) is 7.31. The average molecular weight is 388 g/mol. The first kappa shape index (κ1) is 20.6. The summed E-state index contributed by atoms with van der Waals surface area (Å²) in [6, 6.07) is 7.76. The fourth-order valence-electron chi connectivity index (χ4n) is 4.60. The Labute approximate surface area is 168 Å². The zero-order valence-electron chi connectivity index (χ0n) is 17.2. The molecule has 2 fully saturated rings. The lowest BCUT2D eigenvalue weighted by Gasteiger charge is -2.34. The largest absolute Gasteiger partial charge is 0.497 e. The van der Waals surface area contributed by atoms with Gasteiger partial charge in [0.25, 0.3) is 0 Å². The van der Waals surface area contributed by atoms with E-state index in [1.807, 2.05) is 12.1 Å². The fourth-order valence-corrected chi connectivity index (χ4v) is 4.60. The summed E-state index contributed by atoms with van der Waals surface area (Å²) in [6.45, 7) is 1.47. The van der Waals surface area contributed by atoms with Gasteiger partial charge in [-0.2, -0.15) is 0 Å². The van der Waals surface area contributed by atoms with E-state index in [0.29, 0.717) is 24.0 Å². The highest BCUT2D eigenvalue weighted by Gasteiger charge is 2.33. The molecule has 3 rings (SSSR count). The van der Waals surface area contributed by atoms with Crippen molar-refractivity contribution in [1.82, 2.24) is 9.80 Å². The molecule has 1 saturated carbocycles. The standard InChI is InChI=1S/C22H33N3O3/c1-24(15-21(26)23-18-10-6-11-19(14-18)28-2)22(27)16-25-13-7-12-20(25)17-8-4-3-5-9-17/h6,10-11,14,17,20H,3-5,7-9,12-13,15-16H2,1-2H3,(H,23,26)/t20-/m0/s1. The van der Waals surface area contributed by atoms with Crippen molar-refractivity contribution in [1.29, 1.82) is 0 Å². The van der Waals surface area contributed by atoms with Gasteiger partial charge in [-0.25, -0.2) is 0 Å². The predicted molar refractivity (Wildman–Crippen MR) is 110 cm³/mol. The Bertz CT molecular complexity index is 673. The van der Waals surface area contributed by atoms with E-state index < -0.39 is 0 Å². The Morgan fingerprint density at radius 1 is 1.18 bits per heavy atom. The SMILES string of the molecule is COc1cccc(NC(=O)CN(C)C(=O)CN2CCC[C@H]2C2CCCCC2)c1. The molecule has 6 heteroatoms. The zero-order chi connectivity index (χ0) is 19.9. The maximum atomic E-state index is 12.7. The summed E-state index contributed by atoms with van der Waals surface area (Å²) in [5, 5.41) is 2.83. The molecule has 0 aromatic heterocycles. The molecule has 1 N–H and O–H groups in total. The van der Waals surface area contributed by atoms with Crippen LogP contribution in [-0.2, 0) is 9.59 Å². The van der Waals surface area contributed by atoms with Crippen LogP contribution in [-0.4, -0.2) is 61.4 Å². The number of ether oxygens (including phenoxy) is 1. The molecule has 0 unspecified atom stereocenters. The minimum atomic E-state index is -0.200. The van der Waals surface area contributed by atoms with Crippen LogP contribution in [0.25, 0.3) is 0 Å². The fraction of sp³-hybridized carbons (Fsp3) is 0.636. The van der Waals surface area contributed by atoms with Crippen molar-refractivity contribution in [3.05, 3.63) is 24.3 Å². The van der Waals surface area contributed by atoms with Crippen LogP contribution in [0.2, 0.25) is 0 Å². The molecule has 1 atom stereocenters. The first-order valence-electron chi connectivity index (χ1n) is 10.5. The average Bonchev–Trinajstić information content (AvgIpc) is 3.16. The van der Waals surface area contributed by atoms with Crippen molar-refractivity contribution < 1.29 is 14.3 Å². The van der Waals surface area contributed by atoms with Crippen molar-refractivity contribution in [3.63, 3.8) is 0 Å². The first-order valence-corrected chi connectivity index (χ1v) is 10.5. The van der Waals surface area contributed by atoms with Gasteiger partial charge in [0.05, 0.1) is 20.2 Å². The second-order valence-corrected chi connectivity index (χ2v) is 8.11. The molecule has 1 heterocycles. The van der Waals surface area contributed by atoms with Crippen molar-refractivity contribution in [3.8, 4) is 5.75 Å². The maximum absolute atomic E-state index is 12.7. The van der Waals surface area contributed by atoms with Gasteiger partial charge in [0, 0.05) is 24.8 Å². The minimum Gasteiger partial charge on any atom is -0.497 e. The third kappa shape index (κ3) is 5.47. The van der Waals surface area contributed by atoms with Gasteiger partial charge in [0.2, 0.25) is 11.8 Å². The number of amides is 2. The van der Waals surface area contributed by atoms with Crippen molar-refractivity contribution >= 4 is 17.5 Å². The Morgan fingerprint density at radius 2 is 1.96 bits per heavy atom. The van der Waals surface area contributed by atoms with Crippen LogP contribution in [0.15, 0.2) is 24.3 Å². The van der Waals surface area contributed by atoms with Gasteiger partial charge in [-0.3, -0.25) is 14.5 Å². The van der Waals surface area contributed by atoms with Gasteiger partial charge < -0.3 is 15.0 Å². The monoisotopic (exact) mass is 387 g/mol. The zero-order valence-corrected chi connectivity index (χ0v) is 17.2. The molecular formula is C22H33N3O3. The lowest BCUT2D eigenvalue weighted by atomic mass is 9.83. The van der Waals surface area contributed by atoms with E-state index in [0.717, 1.165) is 12.5 Å². The number of likely N-dealkylation sites (tertiary alicyclic amines) is 1. The van der Waals surface area contributed by atoms with Crippen LogP contribution >= 0.6 is 0 Å². The number of anilines is 1. The Hall–Kier alpha value is -2.08. The third-order valence-corrected chi connectivity index (χ3v) is 6.11. The number of hydrogen-bond donors (Lipinski definition) is 1. The highest BCUT2D eigenvalue weighted by molar-refractivity contribution is 5.94. The molecule has 154 valence electrons. The Balaban J connectivity index is 1.48. The number of rotatable bonds is 7. The summed E-state index contributed by atoms with van der Waals surface area (Å²) in [5.41, 5.74) is 0.669. The molecule has 28 heavy (non-hydrogen) atoms. The van der Waals surface area contributed by atoms with Crippen molar-refractivity contribution in [2.24, 2.45) is 5.92 Å². The molecule has 1 aromatic carbocycles. The first-order chi connectivity index (χ1) is 13.6. The van der Waals surface area contributed by atoms with E-state index in [4.69, 9.17) is 4.74 Å². The number of hydrogen-bond acceptors (Lipinski definition) is 4. The quantitative estimate of drug-likeness (QED) is 0.781. The van der Waals surface area contributed by atoms with Gasteiger partial charge in [-0.05, 0) is 50.3 Å². The summed E-state index contributed by atoms with van der Waals surface area (Å²) < 4.78 is 5.17. The molecule has 1 saturated heterocycles. The van der Waals surface area contributed by atoms with Crippen LogP contribution in [0.3, 0.4) is 0 Å². The summed E-state index contributed by atoms with van der Waals surface area (Å²) >= 11 is 0. The van der Waals surface area contributed by atoms with Gasteiger partial charge in [-0.15, -0.1) is 0 Å². The highest BCUT2D eigenvalue weighted by Crippen LogP contribution is 2.34. The Morgan fingerprint density at radius 3 is 2.71 bits per heavy atom. The highest BCUT2D eigenvalue weighted by atomic mass is 16.5. The summed E-state index contributed by atoms with van der Waals surface area (Å²) in [4.78, 5) is 28.9. The second-order valence-electron chi connectivity index (χ2n) is 8.11. The van der Waals surface area contributed by atoms with E-state index >= 15 is 0 Å². The van der Waals surface area contributed by atoms with E-state index in [1.165, 1.54) is 49.8 Å². The molecule has 1 aromatic rings. The van der Waals surface area contributed by atoms with E-state index in [2.05, 4.69) is 10.2 Å². The smallest absolute Gasteiger partial charge is 0.243 e. The lowest BCUT2D eigenvalue weighted by Crippen LogP contribution is -2.45. The summed E-state index contributed by atoms with van der Waals surface area (Å²) in [6.07, 6.45) is 8.99. The van der Waals surface area contributed by atoms with E-state index in [9.17, 15) is 9.59 Å². The second kappa shape index (κ2) is 9.92. The lowest BCUT2D eigenvalue weighted by molar-refractivity contribution is -0.134. The van der Waals surface area contributed by atoms with Gasteiger partial charge in [0.1, 0.15) is 5.75 Å².